The number of rotatable bonds is 6. The largest absolute Gasteiger partial charge is 0.504 e. The molecule has 2 heterocycles. The maximum Gasteiger partial charge on any atom is 0.335 e. The molecule has 2 aromatic heterocycles. The Morgan fingerprint density at radius 3 is 2.58 bits per heavy atom. The van der Waals surface area contributed by atoms with Gasteiger partial charge in [0, 0.05) is 11.3 Å². The van der Waals surface area contributed by atoms with E-state index in [0.717, 1.165) is 0 Å². The summed E-state index contributed by atoms with van der Waals surface area (Å²) in [6.45, 7) is 0. The van der Waals surface area contributed by atoms with Crippen LogP contribution in [0.3, 0.4) is 0 Å². The Morgan fingerprint density at radius 2 is 1.97 bits per heavy atom. The predicted octanol–water partition coefficient (Wildman–Crippen LogP) is 3.37. The SMILES string of the molecule is COc1cc(-c2[nH]c3c(C#N)cnn3c2Nc2ccc(C(=O)O)cc2)cc(O)c1OC. The van der Waals surface area contributed by atoms with Crippen molar-refractivity contribution in [2.75, 3.05) is 19.5 Å². The Balaban J connectivity index is 1.88. The molecule has 0 saturated carbocycles. The van der Waals surface area contributed by atoms with Gasteiger partial charge in [-0.05, 0) is 36.4 Å². The lowest BCUT2D eigenvalue weighted by Gasteiger charge is -2.13. The van der Waals surface area contributed by atoms with Crippen LogP contribution in [-0.4, -0.2) is 45.0 Å². The number of nitrogens with zero attached hydrogens (tertiary/aromatic N) is 3. The second kappa shape index (κ2) is 7.64. The monoisotopic (exact) mass is 419 g/mol. The first kappa shape index (κ1) is 19.7. The van der Waals surface area contributed by atoms with Crippen molar-refractivity contribution in [3.8, 4) is 34.6 Å². The Kier molecular flexibility index (Phi) is 4.85. The minimum atomic E-state index is -1.03. The minimum Gasteiger partial charge on any atom is -0.504 e. The zero-order valence-electron chi connectivity index (χ0n) is 16.5. The standard InChI is InChI=1S/C21H17N5O5/c1-30-16-8-12(7-15(27)18(16)31-2)17-20(26-19(25-17)13(9-22)10-23-26)24-14-5-3-11(4-6-14)21(28)29/h3-8,10,24-25,27H,1-2H3,(H,28,29). The average molecular weight is 419 g/mol. The number of carboxylic acid groups (broad SMARTS) is 1. The molecule has 0 aliphatic rings. The maximum atomic E-state index is 11.1. The van der Waals surface area contributed by atoms with Crippen LogP contribution in [-0.2, 0) is 0 Å². The van der Waals surface area contributed by atoms with Crippen molar-refractivity contribution in [3.63, 3.8) is 0 Å². The van der Waals surface area contributed by atoms with E-state index in [1.165, 1.54) is 43.1 Å². The van der Waals surface area contributed by atoms with Crippen molar-refractivity contribution in [2.45, 2.75) is 0 Å². The van der Waals surface area contributed by atoms with Gasteiger partial charge in [0.25, 0.3) is 0 Å². The van der Waals surface area contributed by atoms with E-state index >= 15 is 0 Å². The summed E-state index contributed by atoms with van der Waals surface area (Å²) in [4.78, 5) is 14.3. The Morgan fingerprint density at radius 1 is 1.23 bits per heavy atom. The number of benzene rings is 2. The third-order valence-electron chi connectivity index (χ3n) is 4.72. The number of aromatic amines is 1. The highest BCUT2D eigenvalue weighted by Crippen LogP contribution is 2.42. The molecule has 0 spiro atoms. The van der Waals surface area contributed by atoms with Crippen LogP contribution in [0.2, 0.25) is 0 Å². The van der Waals surface area contributed by atoms with Crippen LogP contribution in [0.1, 0.15) is 15.9 Å². The van der Waals surface area contributed by atoms with Crippen molar-refractivity contribution >= 4 is 23.1 Å². The number of nitriles is 1. The van der Waals surface area contributed by atoms with Crippen molar-refractivity contribution in [3.05, 3.63) is 53.7 Å². The van der Waals surface area contributed by atoms with Crippen LogP contribution in [0.4, 0.5) is 11.5 Å². The highest BCUT2D eigenvalue weighted by Gasteiger charge is 2.21. The van der Waals surface area contributed by atoms with E-state index in [9.17, 15) is 15.2 Å². The zero-order chi connectivity index (χ0) is 22.1. The number of aromatic carboxylic acids is 1. The van der Waals surface area contributed by atoms with Crippen molar-refractivity contribution < 1.29 is 24.5 Å². The molecule has 31 heavy (non-hydrogen) atoms. The number of aromatic hydroxyl groups is 1. The summed E-state index contributed by atoms with van der Waals surface area (Å²) in [7, 11) is 2.88. The first-order chi connectivity index (χ1) is 15.0. The summed E-state index contributed by atoms with van der Waals surface area (Å²) in [6.07, 6.45) is 1.43. The molecule has 0 unspecified atom stereocenters. The van der Waals surface area contributed by atoms with Gasteiger partial charge in [-0.1, -0.05) is 0 Å². The Labute approximate surface area is 175 Å². The molecular formula is C21H17N5O5. The third-order valence-corrected chi connectivity index (χ3v) is 4.72. The molecule has 4 rings (SSSR count). The van der Waals surface area contributed by atoms with Gasteiger partial charge in [0.2, 0.25) is 5.75 Å². The fraction of sp³-hybridized carbons (Fsp3) is 0.0952. The molecule has 0 saturated heterocycles. The first-order valence-electron chi connectivity index (χ1n) is 9.02. The molecule has 0 aliphatic heterocycles. The minimum absolute atomic E-state index is 0.124. The highest BCUT2D eigenvalue weighted by atomic mass is 16.5. The van der Waals surface area contributed by atoms with Gasteiger partial charge >= 0.3 is 5.97 Å². The molecule has 10 nitrogen and oxygen atoms in total. The quantitative estimate of drug-likeness (QED) is 0.372. The number of anilines is 2. The number of hydrogen-bond acceptors (Lipinski definition) is 7. The number of hydrogen-bond donors (Lipinski definition) is 4. The smallest absolute Gasteiger partial charge is 0.335 e. The summed E-state index contributed by atoms with van der Waals surface area (Å²) in [6, 6.07) is 11.4. The number of nitrogens with one attached hydrogen (secondary N) is 2. The molecule has 10 heteroatoms. The van der Waals surface area contributed by atoms with Gasteiger partial charge in [-0.3, -0.25) is 0 Å². The number of methoxy groups -OCH3 is 2. The molecular weight excluding hydrogens is 402 g/mol. The second-order valence-corrected chi connectivity index (χ2v) is 6.52. The molecule has 156 valence electrons. The summed E-state index contributed by atoms with van der Waals surface area (Å²) < 4.78 is 12.0. The lowest BCUT2D eigenvalue weighted by atomic mass is 10.1. The number of imidazole rings is 1. The van der Waals surface area contributed by atoms with E-state index < -0.39 is 5.97 Å². The normalized spacial score (nSPS) is 10.6. The van der Waals surface area contributed by atoms with E-state index in [4.69, 9.17) is 14.6 Å². The molecule has 0 amide bonds. The predicted molar refractivity (Wildman–Crippen MR) is 111 cm³/mol. The van der Waals surface area contributed by atoms with E-state index in [2.05, 4.69) is 21.5 Å². The first-order valence-corrected chi connectivity index (χ1v) is 9.02. The molecule has 0 bridgehead atoms. The van der Waals surface area contributed by atoms with Crippen LogP contribution in [0.25, 0.3) is 16.9 Å². The third kappa shape index (κ3) is 3.34. The van der Waals surface area contributed by atoms with Crippen LogP contribution < -0.4 is 14.8 Å². The summed E-state index contributed by atoms with van der Waals surface area (Å²) in [5.74, 6) is -0.156. The van der Waals surface area contributed by atoms with E-state index in [-0.39, 0.29) is 17.1 Å². The topological polar surface area (TPSA) is 145 Å². The van der Waals surface area contributed by atoms with E-state index in [0.29, 0.717) is 39.7 Å². The van der Waals surface area contributed by atoms with Crippen molar-refractivity contribution in [2.24, 2.45) is 0 Å². The molecule has 4 N–H and O–H groups in total. The average Bonchev–Trinajstić information content (AvgIpc) is 3.33. The lowest BCUT2D eigenvalue weighted by molar-refractivity contribution is 0.0697. The van der Waals surface area contributed by atoms with Gasteiger partial charge in [-0.2, -0.15) is 14.9 Å². The number of carbonyl (C=O) groups is 1. The Bertz CT molecular complexity index is 1330. The molecule has 4 aromatic rings. The van der Waals surface area contributed by atoms with Crippen LogP contribution in [0, 0.1) is 11.3 Å². The summed E-state index contributed by atoms with van der Waals surface area (Å²) in [5, 5.41) is 36.3. The van der Waals surface area contributed by atoms with Crippen molar-refractivity contribution in [1.82, 2.24) is 14.6 Å². The second-order valence-electron chi connectivity index (χ2n) is 6.52. The van der Waals surface area contributed by atoms with Gasteiger partial charge < -0.3 is 30.0 Å². The van der Waals surface area contributed by atoms with Crippen LogP contribution in [0.15, 0.2) is 42.6 Å². The number of carboxylic acids is 1. The Hall–Kier alpha value is -4.65. The number of aromatic nitrogens is 3. The maximum absolute atomic E-state index is 11.1. The lowest BCUT2D eigenvalue weighted by Crippen LogP contribution is -2.00. The number of phenolic OH excluding ortho intramolecular Hbond substituents is 1. The fourth-order valence-corrected chi connectivity index (χ4v) is 3.25. The fourth-order valence-electron chi connectivity index (χ4n) is 3.25. The molecule has 2 aromatic carbocycles. The zero-order valence-corrected chi connectivity index (χ0v) is 16.5. The molecule has 0 aliphatic carbocycles. The molecule has 0 atom stereocenters. The molecule has 0 fully saturated rings. The number of H-pyrrole nitrogens is 1. The number of fused-ring (bicyclic) bond motifs is 1. The van der Waals surface area contributed by atoms with Gasteiger partial charge in [-0.15, -0.1) is 0 Å². The summed E-state index contributed by atoms with van der Waals surface area (Å²) in [5.41, 5.74) is 2.62. The van der Waals surface area contributed by atoms with Crippen LogP contribution in [0.5, 0.6) is 17.2 Å². The van der Waals surface area contributed by atoms with Gasteiger partial charge in [-0.25, -0.2) is 4.79 Å². The summed E-state index contributed by atoms with van der Waals surface area (Å²) >= 11 is 0. The van der Waals surface area contributed by atoms with Crippen molar-refractivity contribution in [1.29, 1.82) is 5.26 Å². The highest BCUT2D eigenvalue weighted by molar-refractivity contribution is 5.88. The number of phenols is 1. The van der Waals surface area contributed by atoms with Crippen LogP contribution >= 0.6 is 0 Å². The van der Waals surface area contributed by atoms with Gasteiger partial charge in [0.15, 0.2) is 23.0 Å². The number of ether oxygens (including phenoxy) is 2. The van der Waals surface area contributed by atoms with E-state index in [1.54, 1.807) is 18.2 Å². The molecule has 0 radical (unpaired) electrons. The van der Waals surface area contributed by atoms with E-state index in [1.807, 2.05) is 0 Å². The van der Waals surface area contributed by atoms with Gasteiger partial charge in [0.1, 0.15) is 11.6 Å². The van der Waals surface area contributed by atoms with Gasteiger partial charge in [0.05, 0.1) is 31.7 Å².